The van der Waals surface area contributed by atoms with Crippen LogP contribution in [0.4, 0.5) is 5.69 Å². The number of hydrogen-bond donors (Lipinski definition) is 3. The van der Waals surface area contributed by atoms with E-state index in [2.05, 4.69) is 16.0 Å². The molecule has 1 aromatic rings. The van der Waals surface area contributed by atoms with E-state index in [1.807, 2.05) is 38.1 Å². The maximum atomic E-state index is 12.2. The van der Waals surface area contributed by atoms with Gasteiger partial charge in [0.1, 0.15) is 0 Å². The molecule has 1 atom stereocenters. The Hall–Kier alpha value is -1.88. The first-order valence-corrected chi connectivity index (χ1v) is 8.48. The summed E-state index contributed by atoms with van der Waals surface area (Å²) in [5.74, 6) is 0.270. The van der Waals surface area contributed by atoms with E-state index >= 15 is 0 Å². The molecule has 1 aliphatic rings. The molecule has 0 bridgehead atoms. The molecule has 0 spiro atoms. The van der Waals surface area contributed by atoms with E-state index in [9.17, 15) is 9.59 Å². The van der Waals surface area contributed by atoms with Crippen molar-refractivity contribution in [3.05, 3.63) is 29.8 Å². The average molecular weight is 317 g/mol. The Balaban J connectivity index is 1.87. The summed E-state index contributed by atoms with van der Waals surface area (Å²) in [5.41, 5.74) is 1.78. The van der Waals surface area contributed by atoms with Crippen LogP contribution in [0.15, 0.2) is 24.3 Å². The molecule has 126 valence electrons. The summed E-state index contributed by atoms with van der Waals surface area (Å²) in [5, 5.41) is 9.19. The zero-order valence-electron chi connectivity index (χ0n) is 14.0. The fourth-order valence-corrected chi connectivity index (χ4v) is 2.63. The minimum atomic E-state index is -0.00160. The Bertz CT molecular complexity index is 539. The molecule has 5 nitrogen and oxygen atoms in total. The molecule has 1 aromatic carbocycles. The van der Waals surface area contributed by atoms with Gasteiger partial charge >= 0.3 is 0 Å². The molecule has 1 fully saturated rings. The Morgan fingerprint density at radius 3 is 2.74 bits per heavy atom. The highest BCUT2D eigenvalue weighted by molar-refractivity contribution is 5.92. The summed E-state index contributed by atoms with van der Waals surface area (Å²) in [4.78, 5) is 24.1. The minimum Gasteiger partial charge on any atom is -0.352 e. The number of carbonyl (C=O) groups is 2. The summed E-state index contributed by atoms with van der Waals surface area (Å²) in [7, 11) is 0. The van der Waals surface area contributed by atoms with E-state index in [1.165, 1.54) is 0 Å². The lowest BCUT2D eigenvalue weighted by Crippen LogP contribution is -2.37. The van der Waals surface area contributed by atoms with E-state index in [0.29, 0.717) is 6.54 Å². The molecular formula is C18H27N3O2. The molecule has 2 amide bonds. The SMILES string of the molecule is CCC(C)C(=O)Nc1cccc(CNC(=O)C2CCNCC2)c1. The van der Waals surface area contributed by atoms with Gasteiger partial charge in [0.15, 0.2) is 0 Å². The van der Waals surface area contributed by atoms with Crippen LogP contribution < -0.4 is 16.0 Å². The third kappa shape index (κ3) is 5.36. The minimum absolute atomic E-state index is 0.00160. The van der Waals surface area contributed by atoms with Gasteiger partial charge in [-0.15, -0.1) is 0 Å². The van der Waals surface area contributed by atoms with Gasteiger partial charge in [0.05, 0.1) is 0 Å². The normalized spacial score (nSPS) is 16.6. The summed E-state index contributed by atoms with van der Waals surface area (Å²) in [6, 6.07) is 7.65. The molecule has 1 heterocycles. The first kappa shape index (κ1) is 17.5. The van der Waals surface area contributed by atoms with Crippen molar-refractivity contribution in [1.29, 1.82) is 0 Å². The first-order valence-electron chi connectivity index (χ1n) is 8.48. The van der Waals surface area contributed by atoms with Crippen molar-refractivity contribution in [2.24, 2.45) is 11.8 Å². The number of nitrogens with one attached hydrogen (secondary N) is 3. The number of anilines is 1. The van der Waals surface area contributed by atoms with Crippen LogP contribution in [0.5, 0.6) is 0 Å². The second kappa shape index (κ2) is 8.67. The van der Waals surface area contributed by atoms with Crippen molar-refractivity contribution in [2.75, 3.05) is 18.4 Å². The number of amides is 2. The lowest BCUT2D eigenvalue weighted by Gasteiger charge is -2.21. The second-order valence-corrected chi connectivity index (χ2v) is 6.24. The quantitative estimate of drug-likeness (QED) is 0.754. The standard InChI is InChI=1S/C18H27N3O2/c1-3-13(2)17(22)21-16-6-4-5-14(11-16)12-20-18(23)15-7-9-19-10-8-15/h4-6,11,13,15,19H,3,7-10,12H2,1-2H3,(H,20,23)(H,21,22). The fraction of sp³-hybridized carbons (Fsp3) is 0.556. The molecule has 1 saturated heterocycles. The molecule has 2 rings (SSSR count). The summed E-state index contributed by atoms with van der Waals surface area (Å²) < 4.78 is 0. The third-order valence-corrected chi connectivity index (χ3v) is 4.43. The van der Waals surface area contributed by atoms with Gasteiger partial charge in [0.2, 0.25) is 11.8 Å². The monoisotopic (exact) mass is 317 g/mol. The predicted molar refractivity (Wildman–Crippen MR) is 92.0 cm³/mol. The Labute approximate surface area is 138 Å². The smallest absolute Gasteiger partial charge is 0.227 e. The zero-order chi connectivity index (χ0) is 16.7. The van der Waals surface area contributed by atoms with Crippen LogP contribution in [0.25, 0.3) is 0 Å². The van der Waals surface area contributed by atoms with E-state index in [4.69, 9.17) is 0 Å². The largest absolute Gasteiger partial charge is 0.352 e. The lowest BCUT2D eigenvalue weighted by molar-refractivity contribution is -0.126. The van der Waals surface area contributed by atoms with Crippen molar-refractivity contribution in [3.8, 4) is 0 Å². The van der Waals surface area contributed by atoms with Gasteiger partial charge in [-0.05, 0) is 50.0 Å². The molecule has 3 N–H and O–H groups in total. The number of hydrogen-bond acceptors (Lipinski definition) is 3. The van der Waals surface area contributed by atoms with Crippen molar-refractivity contribution in [3.63, 3.8) is 0 Å². The van der Waals surface area contributed by atoms with Gasteiger partial charge in [-0.25, -0.2) is 0 Å². The number of rotatable bonds is 6. The van der Waals surface area contributed by atoms with Gasteiger partial charge < -0.3 is 16.0 Å². The first-order chi connectivity index (χ1) is 11.1. The fourth-order valence-electron chi connectivity index (χ4n) is 2.63. The zero-order valence-corrected chi connectivity index (χ0v) is 14.0. The van der Waals surface area contributed by atoms with Crippen molar-refractivity contribution in [2.45, 2.75) is 39.7 Å². The molecule has 5 heteroatoms. The molecule has 0 radical (unpaired) electrons. The summed E-state index contributed by atoms with van der Waals surface area (Å²) >= 11 is 0. The third-order valence-electron chi connectivity index (χ3n) is 4.43. The van der Waals surface area contributed by atoms with Crippen LogP contribution in [0.1, 0.15) is 38.7 Å². The van der Waals surface area contributed by atoms with Crippen molar-refractivity contribution >= 4 is 17.5 Å². The van der Waals surface area contributed by atoms with E-state index in [-0.39, 0.29) is 23.7 Å². The van der Waals surface area contributed by atoms with E-state index < -0.39 is 0 Å². The maximum Gasteiger partial charge on any atom is 0.227 e. The molecule has 1 unspecified atom stereocenters. The van der Waals surface area contributed by atoms with Crippen molar-refractivity contribution < 1.29 is 9.59 Å². The van der Waals surface area contributed by atoms with Gasteiger partial charge in [-0.1, -0.05) is 26.0 Å². The summed E-state index contributed by atoms with van der Waals surface area (Å²) in [6.45, 7) is 6.23. The van der Waals surface area contributed by atoms with Crippen LogP contribution in [-0.2, 0) is 16.1 Å². The molecule has 1 aliphatic heterocycles. The van der Waals surface area contributed by atoms with Gasteiger partial charge in [-0.2, -0.15) is 0 Å². The van der Waals surface area contributed by atoms with Crippen LogP contribution in [0.2, 0.25) is 0 Å². The van der Waals surface area contributed by atoms with Crippen LogP contribution in [0.3, 0.4) is 0 Å². The Morgan fingerprint density at radius 2 is 2.04 bits per heavy atom. The van der Waals surface area contributed by atoms with E-state index in [1.54, 1.807) is 0 Å². The molecule has 0 aromatic heterocycles. The highest BCUT2D eigenvalue weighted by Gasteiger charge is 2.20. The number of benzene rings is 1. The van der Waals surface area contributed by atoms with Gasteiger partial charge in [0.25, 0.3) is 0 Å². The average Bonchev–Trinajstić information content (AvgIpc) is 2.60. The Morgan fingerprint density at radius 1 is 1.30 bits per heavy atom. The molecule has 0 aliphatic carbocycles. The lowest BCUT2D eigenvalue weighted by atomic mass is 9.97. The van der Waals surface area contributed by atoms with Crippen LogP contribution in [0, 0.1) is 11.8 Å². The van der Waals surface area contributed by atoms with Crippen LogP contribution in [-0.4, -0.2) is 24.9 Å². The number of piperidine rings is 1. The van der Waals surface area contributed by atoms with Crippen LogP contribution >= 0.6 is 0 Å². The second-order valence-electron chi connectivity index (χ2n) is 6.24. The van der Waals surface area contributed by atoms with Gasteiger partial charge in [0, 0.05) is 24.1 Å². The maximum absolute atomic E-state index is 12.2. The molecular weight excluding hydrogens is 290 g/mol. The van der Waals surface area contributed by atoms with E-state index in [0.717, 1.165) is 43.6 Å². The van der Waals surface area contributed by atoms with Crippen molar-refractivity contribution in [1.82, 2.24) is 10.6 Å². The predicted octanol–water partition coefficient (Wildman–Crippen LogP) is 2.29. The highest BCUT2D eigenvalue weighted by Crippen LogP contribution is 2.14. The summed E-state index contributed by atoms with van der Waals surface area (Å²) in [6.07, 6.45) is 2.62. The topological polar surface area (TPSA) is 70.2 Å². The highest BCUT2D eigenvalue weighted by atomic mass is 16.2. The Kier molecular flexibility index (Phi) is 6.59. The van der Waals surface area contributed by atoms with Gasteiger partial charge in [-0.3, -0.25) is 9.59 Å². The molecule has 23 heavy (non-hydrogen) atoms. The molecule has 0 saturated carbocycles. The number of carbonyl (C=O) groups excluding carboxylic acids is 2.